The minimum absolute atomic E-state index is 0. The van der Waals surface area contributed by atoms with Gasteiger partial charge in [0.05, 0.1) is 11.2 Å². The Kier molecular flexibility index (Phi) is 10.9. The number of likely N-dealkylation sites (tertiary alicyclic amines) is 1. The molecule has 2 heterocycles. The molecule has 2 aromatic rings. The average Bonchev–Trinajstić information content (AvgIpc) is 3.01. The number of hydrogen-bond donors (Lipinski definition) is 3. The van der Waals surface area contributed by atoms with Gasteiger partial charge in [0.15, 0.2) is 5.78 Å². The molecule has 3 aliphatic rings. The number of rotatable bonds is 10. The molecule has 0 radical (unpaired) electrons. The normalized spacial score (nSPS) is 21.4. The Morgan fingerprint density at radius 1 is 0.886 bits per heavy atom. The number of piperazine rings is 1. The van der Waals surface area contributed by atoms with Crippen LogP contribution < -0.4 is 5.32 Å². The summed E-state index contributed by atoms with van der Waals surface area (Å²) in [6.45, 7) is 4.62. The van der Waals surface area contributed by atoms with Crippen LogP contribution in [0.2, 0.25) is 0 Å². The molecule has 3 N–H and O–H groups in total. The number of carboxylic acid groups (broad SMARTS) is 1. The van der Waals surface area contributed by atoms with Gasteiger partial charge in [-0.05, 0) is 49.8 Å². The fourth-order valence-corrected chi connectivity index (χ4v) is 6.98. The number of carboxylic acids is 1. The van der Waals surface area contributed by atoms with Gasteiger partial charge in [0, 0.05) is 43.7 Å². The largest absolute Gasteiger partial charge is 0.478 e. The summed E-state index contributed by atoms with van der Waals surface area (Å²) in [6.07, 6.45) is 7.50. The number of aromatic carboxylic acids is 1. The van der Waals surface area contributed by atoms with Crippen LogP contribution in [0.1, 0.15) is 103 Å². The quantitative estimate of drug-likeness (QED) is 0.330. The number of hydrogen-bond acceptors (Lipinski definition) is 6. The van der Waals surface area contributed by atoms with E-state index in [4.69, 9.17) is 5.11 Å². The number of carbonyl (C=O) groups is 4. The van der Waals surface area contributed by atoms with Gasteiger partial charge in [-0.25, -0.2) is 4.79 Å². The minimum atomic E-state index is -1.03. The highest BCUT2D eigenvalue weighted by Crippen LogP contribution is 2.37. The van der Waals surface area contributed by atoms with Crippen LogP contribution in [0.5, 0.6) is 0 Å². The summed E-state index contributed by atoms with van der Waals surface area (Å²) in [4.78, 5) is 55.6. The Balaban J connectivity index is 0.00000442. The van der Waals surface area contributed by atoms with Gasteiger partial charge in [0.2, 0.25) is 11.8 Å². The van der Waals surface area contributed by atoms with Gasteiger partial charge >= 0.3 is 5.97 Å². The fourth-order valence-electron chi connectivity index (χ4n) is 6.98. The second-order valence-corrected chi connectivity index (χ2v) is 12.6. The number of nitrogens with zero attached hydrogens (tertiary/aromatic N) is 2. The van der Waals surface area contributed by atoms with Gasteiger partial charge in [0.25, 0.3) is 0 Å². The highest BCUT2D eigenvalue weighted by molar-refractivity contribution is 6.09. The van der Waals surface area contributed by atoms with Crippen molar-refractivity contribution >= 4 is 36.0 Å². The first-order valence-electron chi connectivity index (χ1n) is 15.7. The van der Waals surface area contributed by atoms with E-state index in [1.54, 1.807) is 12.1 Å². The number of nitrogens with one attached hydrogen (secondary N) is 1. The fraction of sp³-hybridized carbons (Fsp3) is 0.529. The molecule has 1 atom stereocenters. The van der Waals surface area contributed by atoms with E-state index in [0.29, 0.717) is 63.0 Å². The van der Waals surface area contributed by atoms with E-state index in [2.05, 4.69) is 17.1 Å². The van der Waals surface area contributed by atoms with E-state index in [9.17, 15) is 24.3 Å². The number of piperidine rings is 1. The molecule has 3 fully saturated rings. The molecule has 5 rings (SSSR count). The lowest BCUT2D eigenvalue weighted by atomic mass is 9.77. The zero-order valence-corrected chi connectivity index (χ0v) is 26.2. The van der Waals surface area contributed by atoms with Crippen LogP contribution in [0.15, 0.2) is 48.5 Å². The molecule has 0 bridgehead atoms. The SMILES string of the molecule is CCCCN1C(=O)[C@@H](CC2(O)CCCCC2)NC(=O)C12CCN(Cc1ccc(C(=O)c3ccc(C(=O)O)cc3)cc1)CC2.Cl. The average molecular weight is 626 g/mol. The molecule has 1 spiro atoms. The lowest BCUT2D eigenvalue weighted by Gasteiger charge is -2.52. The number of amides is 2. The highest BCUT2D eigenvalue weighted by Gasteiger charge is 2.54. The second kappa shape index (κ2) is 14.2. The Bertz CT molecular complexity index is 1330. The number of unbranched alkanes of at least 4 members (excludes halogenated alkanes) is 1. The van der Waals surface area contributed by atoms with E-state index in [0.717, 1.165) is 37.7 Å². The van der Waals surface area contributed by atoms with E-state index < -0.39 is 23.2 Å². The van der Waals surface area contributed by atoms with Crippen molar-refractivity contribution in [2.24, 2.45) is 0 Å². The summed E-state index contributed by atoms with van der Waals surface area (Å²) >= 11 is 0. The maximum atomic E-state index is 13.8. The molecule has 238 valence electrons. The van der Waals surface area contributed by atoms with Crippen molar-refractivity contribution in [3.05, 3.63) is 70.8 Å². The highest BCUT2D eigenvalue weighted by atomic mass is 35.5. The van der Waals surface area contributed by atoms with Gasteiger partial charge < -0.3 is 20.4 Å². The third-order valence-corrected chi connectivity index (χ3v) is 9.61. The summed E-state index contributed by atoms with van der Waals surface area (Å²) < 4.78 is 0. The molecule has 0 unspecified atom stereocenters. The van der Waals surface area contributed by atoms with E-state index in [-0.39, 0.29) is 42.0 Å². The number of ketones is 1. The third-order valence-electron chi connectivity index (χ3n) is 9.61. The lowest BCUT2D eigenvalue weighted by Crippen LogP contribution is -2.73. The zero-order valence-electron chi connectivity index (χ0n) is 25.4. The number of carbonyl (C=O) groups excluding carboxylic acids is 3. The van der Waals surface area contributed by atoms with Crippen molar-refractivity contribution in [2.45, 2.75) is 94.9 Å². The second-order valence-electron chi connectivity index (χ2n) is 12.6. The Morgan fingerprint density at radius 3 is 2.02 bits per heavy atom. The van der Waals surface area contributed by atoms with E-state index in [1.807, 2.05) is 17.0 Å². The van der Waals surface area contributed by atoms with Crippen LogP contribution in [0.25, 0.3) is 0 Å². The first kappa shape index (κ1) is 33.6. The number of benzene rings is 2. The molecular formula is C34H44ClN3O6. The predicted molar refractivity (Wildman–Crippen MR) is 169 cm³/mol. The first-order chi connectivity index (χ1) is 20.6. The third kappa shape index (κ3) is 7.16. The smallest absolute Gasteiger partial charge is 0.335 e. The predicted octanol–water partition coefficient (Wildman–Crippen LogP) is 4.58. The van der Waals surface area contributed by atoms with Crippen LogP contribution in [-0.2, 0) is 16.1 Å². The Hall–Kier alpha value is -3.27. The first-order valence-corrected chi connectivity index (χ1v) is 15.7. The lowest BCUT2D eigenvalue weighted by molar-refractivity contribution is -0.163. The van der Waals surface area contributed by atoms with Crippen LogP contribution in [0.4, 0.5) is 0 Å². The molecule has 0 aromatic heterocycles. The zero-order chi connectivity index (χ0) is 30.6. The molecule has 1 aliphatic carbocycles. The molecule has 44 heavy (non-hydrogen) atoms. The summed E-state index contributed by atoms with van der Waals surface area (Å²) in [5.74, 6) is -1.35. The summed E-state index contributed by atoms with van der Waals surface area (Å²) in [5.41, 5.74) is 0.392. The van der Waals surface area contributed by atoms with Crippen molar-refractivity contribution in [2.75, 3.05) is 19.6 Å². The maximum Gasteiger partial charge on any atom is 0.335 e. The molecule has 2 aliphatic heterocycles. The van der Waals surface area contributed by atoms with Crippen molar-refractivity contribution < 1.29 is 29.4 Å². The molecule has 2 saturated heterocycles. The van der Waals surface area contributed by atoms with Gasteiger partial charge in [-0.1, -0.05) is 69.0 Å². The Morgan fingerprint density at radius 2 is 1.45 bits per heavy atom. The van der Waals surface area contributed by atoms with Crippen LogP contribution >= 0.6 is 12.4 Å². The van der Waals surface area contributed by atoms with Gasteiger partial charge in [-0.3, -0.25) is 19.3 Å². The van der Waals surface area contributed by atoms with Crippen molar-refractivity contribution in [1.29, 1.82) is 0 Å². The summed E-state index contributed by atoms with van der Waals surface area (Å²) in [5, 5.41) is 23.3. The standard InChI is InChI=1S/C34H43N3O6.ClH/c1-2-3-19-37-30(39)28(22-33(43)15-5-4-6-16-33)35-32(42)34(37)17-20-36(21-18-34)23-24-7-9-25(10-8-24)29(38)26-11-13-27(14-12-26)31(40)41;/h7-14,28,43H,2-6,15-23H2,1H3,(H,35,42)(H,40,41);1H/t28-;/m1./s1. The Labute approximate surface area is 265 Å². The number of aliphatic hydroxyl groups is 1. The van der Waals surface area contributed by atoms with Gasteiger partial charge in [-0.2, -0.15) is 0 Å². The van der Waals surface area contributed by atoms with Crippen LogP contribution in [-0.4, -0.2) is 80.4 Å². The molecule has 10 heteroatoms. The van der Waals surface area contributed by atoms with Crippen LogP contribution in [0, 0.1) is 0 Å². The number of halogens is 1. The topological polar surface area (TPSA) is 127 Å². The summed E-state index contributed by atoms with van der Waals surface area (Å²) in [6, 6.07) is 12.7. The molecule has 9 nitrogen and oxygen atoms in total. The molecule has 2 amide bonds. The molecular weight excluding hydrogens is 582 g/mol. The minimum Gasteiger partial charge on any atom is -0.478 e. The monoisotopic (exact) mass is 625 g/mol. The van der Waals surface area contributed by atoms with Crippen molar-refractivity contribution in [3.63, 3.8) is 0 Å². The molecule has 2 aromatic carbocycles. The van der Waals surface area contributed by atoms with Crippen molar-refractivity contribution in [3.8, 4) is 0 Å². The molecule has 1 saturated carbocycles. The maximum absolute atomic E-state index is 13.8. The van der Waals surface area contributed by atoms with Gasteiger partial charge in [-0.15, -0.1) is 12.4 Å². The van der Waals surface area contributed by atoms with Gasteiger partial charge in [0.1, 0.15) is 11.6 Å². The van der Waals surface area contributed by atoms with E-state index >= 15 is 0 Å². The summed E-state index contributed by atoms with van der Waals surface area (Å²) in [7, 11) is 0. The van der Waals surface area contributed by atoms with E-state index in [1.165, 1.54) is 24.3 Å². The van der Waals surface area contributed by atoms with Crippen molar-refractivity contribution in [1.82, 2.24) is 15.1 Å². The van der Waals surface area contributed by atoms with Crippen LogP contribution in [0.3, 0.4) is 0 Å².